The second kappa shape index (κ2) is 7.41. The van der Waals surface area contributed by atoms with Crippen molar-refractivity contribution in [3.63, 3.8) is 0 Å². The lowest BCUT2D eigenvalue weighted by molar-refractivity contribution is -0.139. The molecule has 0 saturated carbocycles. The number of rotatable bonds is 5. The Bertz CT molecular complexity index is 1100. The van der Waals surface area contributed by atoms with Gasteiger partial charge in [-0.1, -0.05) is 18.2 Å². The summed E-state index contributed by atoms with van der Waals surface area (Å²) in [6, 6.07) is 7.65. The number of hydrogen-bond donors (Lipinski definition) is 0. The minimum Gasteiger partial charge on any atom is -0.454 e. The van der Waals surface area contributed by atoms with E-state index in [0.717, 1.165) is 33.4 Å². The smallest absolute Gasteiger partial charge is 0.233 e. The van der Waals surface area contributed by atoms with E-state index in [9.17, 15) is 14.4 Å². The lowest BCUT2D eigenvalue weighted by atomic mass is 9.85. The zero-order chi connectivity index (χ0) is 21.7. The molecule has 7 heteroatoms. The summed E-state index contributed by atoms with van der Waals surface area (Å²) < 4.78 is 12.9. The fourth-order valence-electron chi connectivity index (χ4n) is 4.80. The van der Waals surface area contributed by atoms with E-state index in [1.807, 2.05) is 50.3 Å². The van der Waals surface area contributed by atoms with Crippen LogP contribution in [0.3, 0.4) is 0 Å². The number of carbonyl (C=O) groups is 3. The molecule has 1 fully saturated rings. The minimum absolute atomic E-state index is 0.195. The van der Waals surface area contributed by atoms with Crippen LogP contribution >= 0.6 is 0 Å². The summed E-state index contributed by atoms with van der Waals surface area (Å²) in [5.41, 5.74) is 3.34. The van der Waals surface area contributed by atoms with Crippen molar-refractivity contribution in [2.45, 2.75) is 33.2 Å². The first-order valence-electron chi connectivity index (χ1n) is 10.5. The molecular weight excluding hydrogens is 396 g/mol. The van der Waals surface area contributed by atoms with Gasteiger partial charge in [0.2, 0.25) is 18.6 Å². The van der Waals surface area contributed by atoms with Crippen molar-refractivity contribution >= 4 is 17.6 Å². The van der Waals surface area contributed by atoms with Crippen molar-refractivity contribution < 1.29 is 23.9 Å². The summed E-state index contributed by atoms with van der Waals surface area (Å²) in [6.45, 7) is 4.45. The largest absolute Gasteiger partial charge is 0.454 e. The van der Waals surface area contributed by atoms with Gasteiger partial charge in [0.25, 0.3) is 0 Å². The molecular formula is C24H24N2O5. The average molecular weight is 420 g/mol. The van der Waals surface area contributed by atoms with Crippen molar-refractivity contribution in [1.29, 1.82) is 0 Å². The second-order valence-electron chi connectivity index (χ2n) is 8.40. The third kappa shape index (κ3) is 3.24. The van der Waals surface area contributed by atoms with Crippen LogP contribution in [0.2, 0.25) is 0 Å². The van der Waals surface area contributed by atoms with E-state index in [-0.39, 0.29) is 42.8 Å². The van der Waals surface area contributed by atoms with E-state index >= 15 is 0 Å². The molecule has 1 aliphatic carbocycles. The maximum absolute atomic E-state index is 13.1. The summed E-state index contributed by atoms with van der Waals surface area (Å²) in [6.07, 6.45) is 5.04. The molecule has 3 heterocycles. The van der Waals surface area contributed by atoms with Crippen LogP contribution in [0.4, 0.5) is 0 Å². The number of ether oxygens (including phenoxy) is 2. The predicted molar refractivity (Wildman–Crippen MR) is 112 cm³/mol. The van der Waals surface area contributed by atoms with Crippen LogP contribution in [-0.4, -0.2) is 40.4 Å². The average Bonchev–Trinajstić information content (AvgIpc) is 3.41. The summed E-state index contributed by atoms with van der Waals surface area (Å²) in [4.78, 5) is 39.6. The number of hydrogen-bond acceptors (Lipinski definition) is 5. The van der Waals surface area contributed by atoms with Crippen LogP contribution in [0.1, 0.15) is 40.2 Å². The van der Waals surface area contributed by atoms with Gasteiger partial charge in [-0.15, -0.1) is 0 Å². The van der Waals surface area contributed by atoms with E-state index in [2.05, 4.69) is 4.57 Å². The van der Waals surface area contributed by atoms with Gasteiger partial charge in [-0.25, -0.2) is 0 Å². The highest BCUT2D eigenvalue weighted by Gasteiger charge is 2.47. The first-order valence-corrected chi connectivity index (χ1v) is 10.5. The highest BCUT2D eigenvalue weighted by atomic mass is 16.7. The predicted octanol–water partition coefficient (Wildman–Crippen LogP) is 3.02. The summed E-state index contributed by atoms with van der Waals surface area (Å²) in [5.74, 6) is 0.170. The van der Waals surface area contributed by atoms with Crippen molar-refractivity contribution in [1.82, 2.24) is 9.47 Å². The number of imide groups is 1. The van der Waals surface area contributed by atoms with Crippen LogP contribution in [0.5, 0.6) is 11.5 Å². The Labute approximate surface area is 180 Å². The molecule has 3 aliphatic rings. The zero-order valence-corrected chi connectivity index (χ0v) is 17.6. The molecule has 2 amide bonds. The van der Waals surface area contributed by atoms with Crippen LogP contribution in [0, 0.1) is 25.7 Å². The Balaban J connectivity index is 1.35. The molecule has 160 valence electrons. The first-order chi connectivity index (χ1) is 14.9. The number of allylic oxidation sites excluding steroid dienone is 2. The number of nitrogens with zero attached hydrogens (tertiary/aromatic N) is 2. The maximum Gasteiger partial charge on any atom is 0.233 e. The number of carbonyl (C=O) groups excluding carboxylic acids is 3. The highest BCUT2D eigenvalue weighted by molar-refractivity contribution is 6.10. The van der Waals surface area contributed by atoms with Crippen LogP contribution < -0.4 is 9.47 Å². The van der Waals surface area contributed by atoms with Gasteiger partial charge in [-0.3, -0.25) is 19.3 Å². The Morgan fingerprint density at radius 2 is 1.68 bits per heavy atom. The number of amides is 2. The molecule has 7 nitrogen and oxygen atoms in total. The number of aromatic nitrogens is 1. The lowest BCUT2D eigenvalue weighted by Gasteiger charge is -2.14. The standard InChI is InChI=1S/C24H24N2O5/c1-14-9-19(15(2)25(14)11-16-7-8-21-22(10-16)31-13-30-21)20(27)12-26-23(28)17-5-3-4-6-18(17)24(26)29/h3-4,7-10,17-18H,5-6,11-13H2,1-2H3/t17-,18-/m0/s1. The lowest BCUT2D eigenvalue weighted by Crippen LogP contribution is -2.36. The Kier molecular flexibility index (Phi) is 4.68. The molecule has 0 spiro atoms. The molecule has 0 unspecified atom stereocenters. The quantitative estimate of drug-likeness (QED) is 0.422. The summed E-state index contributed by atoms with van der Waals surface area (Å²) in [5, 5.41) is 0. The van der Waals surface area contributed by atoms with Gasteiger partial charge in [-0.05, 0) is 50.5 Å². The molecule has 31 heavy (non-hydrogen) atoms. The van der Waals surface area contributed by atoms with E-state index in [1.54, 1.807) is 0 Å². The van der Waals surface area contributed by atoms with E-state index in [1.165, 1.54) is 0 Å². The number of benzene rings is 1. The number of fused-ring (bicyclic) bond motifs is 2. The Morgan fingerprint density at radius 3 is 2.39 bits per heavy atom. The normalized spacial score (nSPS) is 21.7. The van der Waals surface area contributed by atoms with Gasteiger partial charge < -0.3 is 14.0 Å². The molecule has 1 saturated heterocycles. The maximum atomic E-state index is 13.1. The van der Waals surface area contributed by atoms with E-state index in [4.69, 9.17) is 9.47 Å². The number of ketones is 1. The van der Waals surface area contributed by atoms with Crippen LogP contribution in [0.15, 0.2) is 36.4 Å². The van der Waals surface area contributed by atoms with E-state index in [0.29, 0.717) is 24.9 Å². The third-order valence-corrected chi connectivity index (χ3v) is 6.55. The van der Waals surface area contributed by atoms with Gasteiger partial charge in [-0.2, -0.15) is 0 Å². The molecule has 1 aromatic heterocycles. The van der Waals surface area contributed by atoms with Gasteiger partial charge in [0.05, 0.1) is 18.4 Å². The van der Waals surface area contributed by atoms with Crippen LogP contribution in [-0.2, 0) is 16.1 Å². The molecule has 5 rings (SSSR count). The van der Waals surface area contributed by atoms with Crippen LogP contribution in [0.25, 0.3) is 0 Å². The van der Waals surface area contributed by atoms with Crippen molar-refractivity contribution in [3.05, 3.63) is 58.9 Å². The van der Waals surface area contributed by atoms with Gasteiger partial charge in [0, 0.05) is 23.5 Å². The fourth-order valence-corrected chi connectivity index (χ4v) is 4.80. The minimum atomic E-state index is -0.316. The molecule has 0 bridgehead atoms. The van der Waals surface area contributed by atoms with Crippen molar-refractivity contribution in [2.75, 3.05) is 13.3 Å². The molecule has 1 aromatic carbocycles. The SMILES string of the molecule is Cc1cc(C(=O)CN2C(=O)[C@H]3CC=CC[C@@H]3C2=O)c(C)n1Cc1ccc2c(c1)OCO2. The number of likely N-dealkylation sites (tertiary alicyclic amines) is 1. The number of aryl methyl sites for hydroxylation is 1. The molecule has 0 radical (unpaired) electrons. The van der Waals surface area contributed by atoms with Gasteiger partial charge in [0.15, 0.2) is 17.3 Å². The van der Waals surface area contributed by atoms with E-state index < -0.39 is 0 Å². The monoisotopic (exact) mass is 420 g/mol. The van der Waals surface area contributed by atoms with Gasteiger partial charge in [0.1, 0.15) is 0 Å². The Morgan fingerprint density at radius 1 is 1.00 bits per heavy atom. The second-order valence-corrected chi connectivity index (χ2v) is 8.40. The topological polar surface area (TPSA) is 77.8 Å². The zero-order valence-electron chi connectivity index (χ0n) is 17.6. The fraction of sp³-hybridized carbons (Fsp3) is 0.375. The summed E-state index contributed by atoms with van der Waals surface area (Å²) >= 11 is 0. The third-order valence-electron chi connectivity index (χ3n) is 6.55. The molecule has 2 aromatic rings. The molecule has 2 aliphatic heterocycles. The molecule has 0 N–H and O–H groups in total. The van der Waals surface area contributed by atoms with Crippen molar-refractivity contribution in [3.8, 4) is 11.5 Å². The number of Topliss-reactive ketones (excluding diaryl/α,β-unsaturated/α-hetero) is 1. The molecule has 2 atom stereocenters. The highest BCUT2D eigenvalue weighted by Crippen LogP contribution is 2.35. The Hall–Kier alpha value is -3.35. The van der Waals surface area contributed by atoms with Crippen molar-refractivity contribution in [2.24, 2.45) is 11.8 Å². The first kappa shape index (κ1) is 19.6. The summed E-state index contributed by atoms with van der Waals surface area (Å²) in [7, 11) is 0. The van der Waals surface area contributed by atoms with Gasteiger partial charge >= 0.3 is 0 Å².